The number of aliphatic hydroxyl groups is 1. The number of thioether (sulfide) groups is 1. The molecule has 2 aromatic rings. The van der Waals surface area contributed by atoms with Crippen molar-refractivity contribution in [3.05, 3.63) is 47.8 Å². The highest BCUT2D eigenvalue weighted by Crippen LogP contribution is 2.23. The zero-order valence-corrected chi connectivity index (χ0v) is 11.5. The minimum atomic E-state index is 0.0936. The maximum atomic E-state index is 9.09. The SMILES string of the molecule is CC(C)n1ccc(CSc2cccc(CO)c2)n1. The van der Waals surface area contributed by atoms with Crippen LogP contribution >= 0.6 is 11.8 Å². The molecule has 0 saturated carbocycles. The Morgan fingerprint density at radius 2 is 2.17 bits per heavy atom. The average molecular weight is 262 g/mol. The summed E-state index contributed by atoms with van der Waals surface area (Å²) in [6.07, 6.45) is 2.02. The zero-order valence-electron chi connectivity index (χ0n) is 10.7. The van der Waals surface area contributed by atoms with Gasteiger partial charge in [-0.1, -0.05) is 12.1 Å². The first kappa shape index (κ1) is 13.2. The molecule has 1 aromatic heterocycles. The van der Waals surface area contributed by atoms with E-state index in [-0.39, 0.29) is 6.61 Å². The summed E-state index contributed by atoms with van der Waals surface area (Å²) in [6, 6.07) is 10.4. The fourth-order valence-corrected chi connectivity index (χ4v) is 2.51. The van der Waals surface area contributed by atoms with E-state index in [1.807, 2.05) is 29.1 Å². The molecule has 1 aromatic carbocycles. The second-order valence-corrected chi connectivity index (χ2v) is 5.52. The molecule has 96 valence electrons. The van der Waals surface area contributed by atoms with Crippen LogP contribution in [0, 0.1) is 0 Å². The van der Waals surface area contributed by atoms with Crippen LogP contribution < -0.4 is 0 Å². The highest BCUT2D eigenvalue weighted by molar-refractivity contribution is 7.98. The Morgan fingerprint density at radius 3 is 2.83 bits per heavy atom. The maximum absolute atomic E-state index is 9.09. The largest absolute Gasteiger partial charge is 0.392 e. The summed E-state index contributed by atoms with van der Waals surface area (Å²) in [7, 11) is 0. The fraction of sp³-hybridized carbons (Fsp3) is 0.357. The first-order chi connectivity index (χ1) is 8.69. The van der Waals surface area contributed by atoms with Crippen molar-refractivity contribution in [1.82, 2.24) is 9.78 Å². The van der Waals surface area contributed by atoms with Crippen molar-refractivity contribution in [3.8, 4) is 0 Å². The summed E-state index contributed by atoms with van der Waals surface area (Å²) in [5.74, 6) is 0.856. The molecule has 0 saturated heterocycles. The lowest BCUT2D eigenvalue weighted by Crippen LogP contribution is -2.01. The molecule has 2 rings (SSSR count). The standard InChI is InChI=1S/C14H18N2OS/c1-11(2)16-7-6-13(15-16)10-18-14-5-3-4-12(8-14)9-17/h3-8,11,17H,9-10H2,1-2H3. The topological polar surface area (TPSA) is 38.0 Å². The Kier molecular flexibility index (Phi) is 4.44. The van der Waals surface area contributed by atoms with E-state index in [9.17, 15) is 0 Å². The lowest BCUT2D eigenvalue weighted by Gasteiger charge is -2.04. The van der Waals surface area contributed by atoms with Crippen molar-refractivity contribution in [2.75, 3.05) is 0 Å². The van der Waals surface area contributed by atoms with Gasteiger partial charge < -0.3 is 5.11 Å². The van der Waals surface area contributed by atoms with E-state index < -0.39 is 0 Å². The molecule has 0 unspecified atom stereocenters. The molecule has 4 heteroatoms. The first-order valence-corrected chi connectivity index (χ1v) is 7.04. The molecule has 0 aliphatic carbocycles. The second-order valence-electron chi connectivity index (χ2n) is 4.48. The van der Waals surface area contributed by atoms with Gasteiger partial charge in [-0.3, -0.25) is 4.68 Å². The normalized spacial score (nSPS) is 11.1. The van der Waals surface area contributed by atoms with Gasteiger partial charge in [0.25, 0.3) is 0 Å². The van der Waals surface area contributed by atoms with Crippen molar-refractivity contribution in [1.29, 1.82) is 0 Å². The number of hydrogen-bond donors (Lipinski definition) is 1. The third kappa shape index (κ3) is 3.37. The third-order valence-corrected chi connectivity index (χ3v) is 3.69. The van der Waals surface area contributed by atoms with E-state index >= 15 is 0 Å². The Bertz CT molecular complexity index is 508. The van der Waals surface area contributed by atoms with Gasteiger partial charge in [-0.2, -0.15) is 5.10 Å². The van der Waals surface area contributed by atoms with Crippen molar-refractivity contribution in [3.63, 3.8) is 0 Å². The van der Waals surface area contributed by atoms with Crippen molar-refractivity contribution in [2.45, 2.75) is 37.1 Å². The molecule has 0 bridgehead atoms. The molecular formula is C14H18N2OS. The third-order valence-electron chi connectivity index (χ3n) is 2.66. The van der Waals surface area contributed by atoms with Gasteiger partial charge in [-0.15, -0.1) is 11.8 Å². The Balaban J connectivity index is 1.97. The Morgan fingerprint density at radius 1 is 1.33 bits per heavy atom. The van der Waals surface area contributed by atoms with Gasteiger partial charge in [-0.05, 0) is 37.6 Å². The minimum Gasteiger partial charge on any atom is -0.392 e. The van der Waals surface area contributed by atoms with E-state index in [4.69, 9.17) is 5.11 Å². The number of nitrogens with zero attached hydrogens (tertiary/aromatic N) is 2. The van der Waals surface area contributed by atoms with Crippen molar-refractivity contribution < 1.29 is 5.11 Å². The van der Waals surface area contributed by atoms with Crippen LogP contribution in [0.5, 0.6) is 0 Å². The number of rotatable bonds is 5. The summed E-state index contributed by atoms with van der Waals surface area (Å²) in [4.78, 5) is 1.17. The molecule has 0 aliphatic rings. The average Bonchev–Trinajstić information content (AvgIpc) is 2.85. The molecular weight excluding hydrogens is 244 g/mol. The summed E-state index contributed by atoms with van der Waals surface area (Å²) >= 11 is 1.74. The lowest BCUT2D eigenvalue weighted by atomic mass is 10.2. The van der Waals surface area contributed by atoms with Crippen LogP contribution in [0.1, 0.15) is 31.1 Å². The van der Waals surface area contributed by atoms with E-state index in [1.54, 1.807) is 11.8 Å². The van der Waals surface area contributed by atoms with Crippen LogP contribution in [0.25, 0.3) is 0 Å². The monoisotopic (exact) mass is 262 g/mol. The fourth-order valence-electron chi connectivity index (χ4n) is 1.63. The molecule has 0 amide bonds. The van der Waals surface area contributed by atoms with Gasteiger partial charge in [0.15, 0.2) is 0 Å². The summed E-state index contributed by atoms with van der Waals surface area (Å²) in [5.41, 5.74) is 2.04. The van der Waals surface area contributed by atoms with Crippen molar-refractivity contribution >= 4 is 11.8 Å². The highest BCUT2D eigenvalue weighted by atomic mass is 32.2. The molecule has 1 N–H and O–H groups in total. The predicted octanol–water partition coefficient (Wildman–Crippen LogP) is 3.25. The molecule has 0 aliphatic heterocycles. The number of hydrogen-bond acceptors (Lipinski definition) is 3. The van der Waals surface area contributed by atoms with Crippen molar-refractivity contribution in [2.24, 2.45) is 0 Å². The molecule has 0 fully saturated rings. The van der Waals surface area contributed by atoms with Crippen LogP contribution in [0.4, 0.5) is 0 Å². The highest BCUT2D eigenvalue weighted by Gasteiger charge is 2.03. The van der Waals surface area contributed by atoms with Gasteiger partial charge in [-0.25, -0.2) is 0 Å². The van der Waals surface area contributed by atoms with Gasteiger partial charge in [0.05, 0.1) is 12.3 Å². The van der Waals surface area contributed by atoms with E-state index in [0.29, 0.717) is 6.04 Å². The first-order valence-electron chi connectivity index (χ1n) is 6.05. The van der Waals surface area contributed by atoms with Crippen LogP contribution in [0.2, 0.25) is 0 Å². The number of aliphatic hydroxyl groups excluding tert-OH is 1. The molecule has 0 radical (unpaired) electrons. The van der Waals surface area contributed by atoms with Gasteiger partial charge >= 0.3 is 0 Å². The quantitative estimate of drug-likeness (QED) is 0.841. The smallest absolute Gasteiger partial charge is 0.0727 e. The maximum Gasteiger partial charge on any atom is 0.0727 e. The van der Waals surface area contributed by atoms with Crippen LogP contribution in [0.3, 0.4) is 0 Å². The predicted molar refractivity (Wildman–Crippen MR) is 74.5 cm³/mol. The molecule has 0 atom stereocenters. The lowest BCUT2D eigenvalue weighted by molar-refractivity contribution is 0.281. The number of benzene rings is 1. The zero-order chi connectivity index (χ0) is 13.0. The molecule has 0 spiro atoms. The Hall–Kier alpha value is -1.26. The van der Waals surface area contributed by atoms with Crippen LogP contribution in [-0.2, 0) is 12.4 Å². The second kappa shape index (κ2) is 6.07. The van der Waals surface area contributed by atoms with Crippen LogP contribution in [0.15, 0.2) is 41.4 Å². The van der Waals surface area contributed by atoms with Crippen LogP contribution in [-0.4, -0.2) is 14.9 Å². The van der Waals surface area contributed by atoms with E-state index in [1.165, 1.54) is 4.90 Å². The van der Waals surface area contributed by atoms with Gasteiger partial charge in [0.2, 0.25) is 0 Å². The van der Waals surface area contributed by atoms with E-state index in [0.717, 1.165) is 17.0 Å². The number of aromatic nitrogens is 2. The van der Waals surface area contributed by atoms with E-state index in [2.05, 4.69) is 31.1 Å². The molecule has 1 heterocycles. The summed E-state index contributed by atoms with van der Waals surface area (Å²) < 4.78 is 1.97. The molecule has 3 nitrogen and oxygen atoms in total. The Labute approximate surface area is 112 Å². The summed E-state index contributed by atoms with van der Waals surface area (Å²) in [6.45, 7) is 4.33. The summed E-state index contributed by atoms with van der Waals surface area (Å²) in [5, 5.41) is 13.6. The minimum absolute atomic E-state index is 0.0936. The van der Waals surface area contributed by atoms with Gasteiger partial charge in [0.1, 0.15) is 0 Å². The molecule has 18 heavy (non-hydrogen) atoms. The van der Waals surface area contributed by atoms with Gasteiger partial charge in [0, 0.05) is 22.9 Å².